The Balaban J connectivity index is 0.00000312. The molecule has 1 heterocycles. The molecule has 2 rings (SSSR count). The number of benzene rings is 1. The van der Waals surface area contributed by atoms with Crippen molar-refractivity contribution >= 4 is 24.0 Å². The predicted molar refractivity (Wildman–Crippen MR) is 97.2 cm³/mol. The van der Waals surface area contributed by atoms with Crippen LogP contribution in [0.3, 0.4) is 0 Å². The molecule has 0 radical (unpaired) electrons. The van der Waals surface area contributed by atoms with Crippen molar-refractivity contribution < 1.29 is 9.72 Å². The summed E-state index contributed by atoms with van der Waals surface area (Å²) >= 11 is 0. The SMILES string of the molecule is CC(C)CC(CN)NC(=O)c1ccn(-c2cccc([N+](=O)[O-])c2)n1.Cl. The zero-order valence-electron chi connectivity index (χ0n) is 14.1. The number of carbonyl (C=O) groups is 1. The topological polar surface area (TPSA) is 116 Å². The number of halogens is 1. The van der Waals surface area contributed by atoms with E-state index in [9.17, 15) is 14.9 Å². The van der Waals surface area contributed by atoms with E-state index in [4.69, 9.17) is 5.73 Å². The third-order valence-electron chi connectivity index (χ3n) is 3.50. The van der Waals surface area contributed by atoms with Crippen LogP contribution in [-0.2, 0) is 0 Å². The van der Waals surface area contributed by atoms with Crippen molar-refractivity contribution in [3.63, 3.8) is 0 Å². The lowest BCUT2D eigenvalue weighted by molar-refractivity contribution is -0.384. The van der Waals surface area contributed by atoms with Crippen LogP contribution in [-0.4, -0.2) is 33.2 Å². The van der Waals surface area contributed by atoms with Gasteiger partial charge in [0.25, 0.3) is 11.6 Å². The Labute approximate surface area is 152 Å². The molecule has 1 amide bonds. The van der Waals surface area contributed by atoms with Gasteiger partial charge in [0.05, 0.1) is 10.6 Å². The van der Waals surface area contributed by atoms with E-state index in [1.54, 1.807) is 24.4 Å². The predicted octanol–water partition coefficient (Wildman–Crippen LogP) is 2.31. The number of amides is 1. The summed E-state index contributed by atoms with van der Waals surface area (Å²) in [7, 11) is 0. The molecular weight excluding hydrogens is 346 g/mol. The van der Waals surface area contributed by atoms with E-state index < -0.39 is 4.92 Å². The van der Waals surface area contributed by atoms with Crippen LogP contribution in [0.15, 0.2) is 36.5 Å². The number of non-ortho nitro benzene ring substituents is 1. The monoisotopic (exact) mass is 367 g/mol. The first-order valence-electron chi connectivity index (χ1n) is 7.72. The molecule has 0 saturated heterocycles. The van der Waals surface area contributed by atoms with Crippen molar-refractivity contribution in [2.24, 2.45) is 11.7 Å². The van der Waals surface area contributed by atoms with E-state index in [0.717, 1.165) is 6.42 Å². The van der Waals surface area contributed by atoms with E-state index in [0.29, 0.717) is 18.2 Å². The highest BCUT2D eigenvalue weighted by molar-refractivity contribution is 5.92. The molecule has 0 aliphatic rings. The maximum absolute atomic E-state index is 12.3. The second-order valence-corrected chi connectivity index (χ2v) is 5.96. The molecule has 3 N–H and O–H groups in total. The van der Waals surface area contributed by atoms with Crippen LogP contribution < -0.4 is 11.1 Å². The number of aromatic nitrogens is 2. The van der Waals surface area contributed by atoms with Crippen LogP contribution in [0.4, 0.5) is 5.69 Å². The third-order valence-corrected chi connectivity index (χ3v) is 3.50. The first kappa shape index (κ1) is 20.6. The highest BCUT2D eigenvalue weighted by atomic mass is 35.5. The smallest absolute Gasteiger partial charge is 0.272 e. The molecule has 0 aliphatic carbocycles. The summed E-state index contributed by atoms with van der Waals surface area (Å²) in [5.74, 6) is 0.108. The molecule has 0 bridgehead atoms. The molecule has 9 heteroatoms. The number of nitro groups is 1. The van der Waals surface area contributed by atoms with Crippen molar-refractivity contribution in [3.8, 4) is 5.69 Å². The first-order chi connectivity index (χ1) is 11.4. The first-order valence-corrected chi connectivity index (χ1v) is 7.72. The fraction of sp³-hybridized carbons (Fsp3) is 0.375. The molecule has 1 unspecified atom stereocenters. The Bertz CT molecular complexity index is 732. The van der Waals surface area contributed by atoms with Crippen molar-refractivity contribution in [1.29, 1.82) is 0 Å². The van der Waals surface area contributed by atoms with E-state index >= 15 is 0 Å². The van der Waals surface area contributed by atoms with E-state index in [1.165, 1.54) is 16.8 Å². The van der Waals surface area contributed by atoms with Crippen LogP contribution in [0.5, 0.6) is 0 Å². The van der Waals surface area contributed by atoms with Gasteiger partial charge in [-0.25, -0.2) is 4.68 Å². The quantitative estimate of drug-likeness (QED) is 0.575. The molecule has 0 saturated carbocycles. The standard InChI is InChI=1S/C16H21N5O3.ClH/c1-11(2)8-12(10-17)18-16(22)15-6-7-20(19-15)13-4-3-5-14(9-13)21(23)24;/h3-7,9,11-12H,8,10,17H2,1-2H3,(H,18,22);1H. The minimum absolute atomic E-state index is 0. The summed E-state index contributed by atoms with van der Waals surface area (Å²) < 4.78 is 1.43. The van der Waals surface area contributed by atoms with Gasteiger partial charge < -0.3 is 11.1 Å². The Morgan fingerprint density at radius 2 is 2.12 bits per heavy atom. The summed E-state index contributed by atoms with van der Waals surface area (Å²) in [6, 6.07) is 7.51. The lowest BCUT2D eigenvalue weighted by Gasteiger charge is -2.18. The van der Waals surface area contributed by atoms with Gasteiger partial charge >= 0.3 is 0 Å². The van der Waals surface area contributed by atoms with E-state index in [2.05, 4.69) is 24.3 Å². The second-order valence-electron chi connectivity index (χ2n) is 5.96. The molecule has 25 heavy (non-hydrogen) atoms. The highest BCUT2D eigenvalue weighted by Gasteiger charge is 2.16. The van der Waals surface area contributed by atoms with Gasteiger partial charge in [-0.05, 0) is 24.5 Å². The van der Waals surface area contributed by atoms with E-state index in [-0.39, 0.29) is 35.7 Å². The molecular formula is C16H22ClN5O3. The number of nitro benzene ring substituents is 1. The number of hydrogen-bond acceptors (Lipinski definition) is 5. The minimum atomic E-state index is -0.474. The minimum Gasteiger partial charge on any atom is -0.347 e. The van der Waals surface area contributed by atoms with Gasteiger partial charge in [-0.3, -0.25) is 14.9 Å². The summed E-state index contributed by atoms with van der Waals surface area (Å²) in [6.07, 6.45) is 2.38. The molecule has 0 fully saturated rings. The Morgan fingerprint density at radius 3 is 2.72 bits per heavy atom. The Hall–Kier alpha value is -2.45. The Kier molecular flexibility index (Phi) is 7.53. The molecule has 1 aromatic carbocycles. The normalized spacial score (nSPS) is 11.7. The number of carbonyl (C=O) groups excluding carboxylic acids is 1. The van der Waals surface area contributed by atoms with Crippen LogP contribution in [0.2, 0.25) is 0 Å². The van der Waals surface area contributed by atoms with Gasteiger partial charge in [-0.15, -0.1) is 12.4 Å². The number of rotatable bonds is 7. The lowest BCUT2D eigenvalue weighted by Crippen LogP contribution is -2.41. The number of nitrogens with zero attached hydrogens (tertiary/aromatic N) is 3. The second kappa shape index (κ2) is 9.14. The lowest BCUT2D eigenvalue weighted by atomic mass is 10.0. The van der Waals surface area contributed by atoms with Crippen molar-refractivity contribution in [2.75, 3.05) is 6.54 Å². The van der Waals surface area contributed by atoms with E-state index in [1.807, 2.05) is 0 Å². The zero-order chi connectivity index (χ0) is 17.7. The Morgan fingerprint density at radius 1 is 1.40 bits per heavy atom. The van der Waals surface area contributed by atoms with Gasteiger partial charge in [0.15, 0.2) is 5.69 Å². The van der Waals surface area contributed by atoms with Crippen LogP contribution in [0.25, 0.3) is 5.69 Å². The van der Waals surface area contributed by atoms with Gasteiger partial charge in [0.1, 0.15) is 0 Å². The molecule has 8 nitrogen and oxygen atoms in total. The number of nitrogens with two attached hydrogens (primary N) is 1. The van der Waals surface area contributed by atoms with Crippen molar-refractivity contribution in [2.45, 2.75) is 26.3 Å². The third kappa shape index (κ3) is 5.54. The zero-order valence-corrected chi connectivity index (χ0v) is 14.9. The fourth-order valence-electron chi connectivity index (χ4n) is 2.38. The average molecular weight is 368 g/mol. The summed E-state index contributed by atoms with van der Waals surface area (Å²) in [5.41, 5.74) is 6.41. The molecule has 0 spiro atoms. The largest absolute Gasteiger partial charge is 0.347 e. The van der Waals surface area contributed by atoms with Crippen LogP contribution in [0.1, 0.15) is 30.8 Å². The summed E-state index contributed by atoms with van der Waals surface area (Å²) in [5, 5.41) is 17.9. The van der Waals surface area contributed by atoms with Crippen molar-refractivity contribution in [3.05, 3.63) is 52.3 Å². The van der Waals surface area contributed by atoms with Crippen LogP contribution >= 0.6 is 12.4 Å². The average Bonchev–Trinajstić information content (AvgIpc) is 3.04. The molecule has 2 aromatic rings. The van der Waals surface area contributed by atoms with Gasteiger partial charge in [0.2, 0.25) is 0 Å². The highest BCUT2D eigenvalue weighted by Crippen LogP contribution is 2.16. The van der Waals surface area contributed by atoms with Gasteiger partial charge in [-0.2, -0.15) is 5.10 Å². The van der Waals surface area contributed by atoms with Crippen LogP contribution in [0, 0.1) is 16.0 Å². The molecule has 0 aliphatic heterocycles. The maximum atomic E-state index is 12.3. The van der Waals surface area contributed by atoms with Gasteiger partial charge in [-0.1, -0.05) is 19.9 Å². The summed E-state index contributed by atoms with van der Waals surface area (Å²) in [4.78, 5) is 22.6. The van der Waals surface area contributed by atoms with Gasteiger partial charge in [0, 0.05) is 30.9 Å². The maximum Gasteiger partial charge on any atom is 0.272 e. The summed E-state index contributed by atoms with van der Waals surface area (Å²) in [6.45, 7) is 4.48. The molecule has 1 aromatic heterocycles. The number of hydrogen-bond donors (Lipinski definition) is 2. The fourth-order valence-corrected chi connectivity index (χ4v) is 2.38. The molecule has 1 atom stereocenters. The van der Waals surface area contributed by atoms with Crippen molar-refractivity contribution in [1.82, 2.24) is 15.1 Å². The number of nitrogens with one attached hydrogen (secondary N) is 1. The molecule has 136 valence electrons.